The Hall–Kier alpha value is -3.38. The number of carbonyl (C=O) groups excluding carboxylic acids is 2. The molecule has 3 heterocycles. The number of hydrogen-bond acceptors (Lipinski definition) is 5. The van der Waals surface area contributed by atoms with Crippen LogP contribution < -0.4 is 5.32 Å². The molecule has 2 aliphatic heterocycles. The van der Waals surface area contributed by atoms with Crippen LogP contribution in [0.3, 0.4) is 0 Å². The van der Waals surface area contributed by atoms with E-state index in [1.54, 1.807) is 18.4 Å². The second-order valence-corrected chi connectivity index (χ2v) is 8.37. The summed E-state index contributed by atoms with van der Waals surface area (Å²) < 4.78 is 11.3. The van der Waals surface area contributed by atoms with E-state index in [0.717, 1.165) is 42.8 Å². The van der Waals surface area contributed by atoms with E-state index in [1.807, 2.05) is 48.5 Å². The number of furan rings is 1. The summed E-state index contributed by atoms with van der Waals surface area (Å²) >= 11 is 0. The third-order valence-corrected chi connectivity index (χ3v) is 6.32. The summed E-state index contributed by atoms with van der Waals surface area (Å²) in [5.74, 6) is 0.365. The number of amides is 1. The first kappa shape index (κ1) is 20.5. The van der Waals surface area contributed by atoms with Gasteiger partial charge in [-0.05, 0) is 67.4 Å². The quantitative estimate of drug-likeness (QED) is 0.591. The van der Waals surface area contributed by atoms with Gasteiger partial charge in [0.25, 0.3) is 5.91 Å². The molecule has 6 nitrogen and oxygen atoms in total. The van der Waals surface area contributed by atoms with E-state index in [2.05, 4.69) is 10.2 Å². The molecule has 3 aromatic rings. The van der Waals surface area contributed by atoms with E-state index in [1.165, 1.54) is 0 Å². The molecule has 2 atom stereocenters. The summed E-state index contributed by atoms with van der Waals surface area (Å²) in [5.41, 5.74) is 2.86. The van der Waals surface area contributed by atoms with Crippen LogP contribution in [0.5, 0.6) is 0 Å². The lowest BCUT2D eigenvalue weighted by Crippen LogP contribution is -2.36. The van der Waals surface area contributed by atoms with Gasteiger partial charge in [0.1, 0.15) is 11.9 Å². The molecule has 164 valence electrons. The Kier molecular flexibility index (Phi) is 5.77. The Morgan fingerprint density at radius 2 is 1.88 bits per heavy atom. The molecular weight excluding hydrogens is 404 g/mol. The maximum absolute atomic E-state index is 13.0. The number of benzene rings is 2. The van der Waals surface area contributed by atoms with Crippen molar-refractivity contribution in [1.82, 2.24) is 10.2 Å². The van der Waals surface area contributed by atoms with Crippen molar-refractivity contribution in [3.63, 3.8) is 0 Å². The summed E-state index contributed by atoms with van der Waals surface area (Å²) in [4.78, 5) is 27.8. The Morgan fingerprint density at radius 1 is 1.06 bits per heavy atom. The molecule has 0 aliphatic carbocycles. The number of cyclic esters (lactones) is 1. The highest BCUT2D eigenvalue weighted by atomic mass is 16.5. The van der Waals surface area contributed by atoms with Gasteiger partial charge in [-0.1, -0.05) is 30.3 Å². The van der Waals surface area contributed by atoms with Gasteiger partial charge in [-0.2, -0.15) is 0 Å². The maximum Gasteiger partial charge on any atom is 0.339 e. The molecule has 0 unspecified atom stereocenters. The third kappa shape index (κ3) is 4.18. The largest absolute Gasteiger partial charge is 0.468 e. The third-order valence-electron chi connectivity index (χ3n) is 6.32. The zero-order valence-corrected chi connectivity index (χ0v) is 17.8. The van der Waals surface area contributed by atoms with Crippen LogP contribution in [0.2, 0.25) is 0 Å². The molecule has 1 saturated heterocycles. The minimum Gasteiger partial charge on any atom is -0.468 e. The maximum atomic E-state index is 13.0. The number of likely N-dealkylation sites (tertiary alicyclic amines) is 1. The van der Waals surface area contributed by atoms with Crippen molar-refractivity contribution in [2.45, 2.75) is 31.4 Å². The van der Waals surface area contributed by atoms with E-state index >= 15 is 0 Å². The molecule has 1 aromatic heterocycles. The van der Waals surface area contributed by atoms with Crippen molar-refractivity contribution in [2.75, 3.05) is 19.6 Å². The first-order valence-corrected chi connectivity index (χ1v) is 11.1. The molecule has 32 heavy (non-hydrogen) atoms. The highest BCUT2D eigenvalue weighted by Gasteiger charge is 2.29. The molecule has 1 amide bonds. The molecule has 0 spiro atoms. The highest BCUT2D eigenvalue weighted by Crippen LogP contribution is 2.31. The lowest BCUT2D eigenvalue weighted by molar-refractivity contribution is 0.0252. The number of carbonyl (C=O) groups is 2. The van der Waals surface area contributed by atoms with Crippen LogP contribution in [-0.4, -0.2) is 36.4 Å². The summed E-state index contributed by atoms with van der Waals surface area (Å²) in [5, 5.41) is 3.07. The molecule has 0 radical (unpaired) electrons. The topological polar surface area (TPSA) is 71.8 Å². The Morgan fingerprint density at radius 3 is 2.62 bits per heavy atom. The van der Waals surface area contributed by atoms with Gasteiger partial charge in [0.2, 0.25) is 0 Å². The van der Waals surface area contributed by atoms with Crippen LogP contribution in [-0.2, 0) is 11.2 Å². The number of nitrogens with zero attached hydrogens (tertiary/aromatic N) is 1. The number of esters is 1. The van der Waals surface area contributed by atoms with Crippen molar-refractivity contribution < 1.29 is 18.7 Å². The van der Waals surface area contributed by atoms with Gasteiger partial charge >= 0.3 is 5.97 Å². The summed E-state index contributed by atoms with van der Waals surface area (Å²) in [7, 11) is 0. The SMILES string of the molecule is O=C(NC[C@@H](c1ccco1)N1CCCC1)c1ccc2c(c1)C[C@H](c1ccccc1)OC2=O. The number of rotatable bonds is 6. The molecule has 0 saturated carbocycles. The van der Waals surface area contributed by atoms with Gasteiger partial charge in [0.15, 0.2) is 0 Å². The average molecular weight is 431 g/mol. The van der Waals surface area contributed by atoms with Crippen LogP contribution >= 0.6 is 0 Å². The molecule has 0 bridgehead atoms. The second-order valence-electron chi connectivity index (χ2n) is 8.37. The lowest BCUT2D eigenvalue weighted by Gasteiger charge is -2.26. The minimum atomic E-state index is -0.348. The fourth-order valence-electron chi connectivity index (χ4n) is 4.63. The standard InChI is InChI=1S/C26H26N2O4/c29-25(27-17-22(23-9-6-14-31-23)28-12-4-5-13-28)19-10-11-21-20(15-19)16-24(32-26(21)30)18-7-2-1-3-8-18/h1-3,6-11,14-15,22,24H,4-5,12-13,16-17H2,(H,27,29)/t22-,24+/m0/s1. The van der Waals surface area contributed by atoms with E-state index in [9.17, 15) is 9.59 Å². The van der Waals surface area contributed by atoms with E-state index in [-0.39, 0.29) is 24.0 Å². The number of hydrogen-bond donors (Lipinski definition) is 1. The summed E-state index contributed by atoms with van der Waals surface area (Å²) in [6.45, 7) is 2.48. The van der Waals surface area contributed by atoms with Crippen LogP contribution in [0.4, 0.5) is 0 Å². The lowest BCUT2D eigenvalue weighted by atomic mass is 9.93. The van der Waals surface area contributed by atoms with Crippen LogP contribution in [0.25, 0.3) is 0 Å². The average Bonchev–Trinajstić information content (AvgIpc) is 3.54. The molecular formula is C26H26N2O4. The molecule has 2 aliphatic rings. The van der Waals surface area contributed by atoms with Crippen molar-refractivity contribution in [1.29, 1.82) is 0 Å². The Labute approximate surface area is 187 Å². The predicted octanol–water partition coefficient (Wildman–Crippen LogP) is 4.30. The molecule has 6 heteroatoms. The first-order chi connectivity index (χ1) is 15.7. The van der Waals surface area contributed by atoms with Crippen molar-refractivity contribution in [3.8, 4) is 0 Å². The zero-order valence-electron chi connectivity index (χ0n) is 17.8. The van der Waals surface area contributed by atoms with Gasteiger partial charge in [-0.15, -0.1) is 0 Å². The Bertz CT molecular complexity index is 1090. The Balaban J connectivity index is 1.31. The first-order valence-electron chi connectivity index (χ1n) is 11.1. The molecule has 1 fully saturated rings. The van der Waals surface area contributed by atoms with Crippen molar-refractivity contribution in [2.24, 2.45) is 0 Å². The van der Waals surface area contributed by atoms with Crippen molar-refractivity contribution in [3.05, 3.63) is 94.9 Å². The normalized spacial score (nSPS) is 19.2. The smallest absolute Gasteiger partial charge is 0.339 e. The van der Waals surface area contributed by atoms with Crippen LogP contribution in [0.15, 0.2) is 71.3 Å². The fourth-order valence-corrected chi connectivity index (χ4v) is 4.63. The molecule has 2 aromatic carbocycles. The van der Waals surface area contributed by atoms with E-state index < -0.39 is 0 Å². The van der Waals surface area contributed by atoms with Crippen LogP contribution in [0, 0.1) is 0 Å². The van der Waals surface area contributed by atoms with Gasteiger partial charge in [0, 0.05) is 18.5 Å². The number of fused-ring (bicyclic) bond motifs is 1. The van der Waals surface area contributed by atoms with E-state index in [0.29, 0.717) is 24.1 Å². The molecule has 5 rings (SSSR count). The fraction of sp³-hybridized carbons (Fsp3) is 0.308. The summed E-state index contributed by atoms with van der Waals surface area (Å²) in [6.07, 6.45) is 4.21. The highest BCUT2D eigenvalue weighted by molar-refractivity contribution is 5.97. The van der Waals surface area contributed by atoms with Crippen LogP contribution in [0.1, 0.15) is 62.6 Å². The number of nitrogens with one attached hydrogen (secondary N) is 1. The monoisotopic (exact) mass is 430 g/mol. The van der Waals surface area contributed by atoms with Crippen molar-refractivity contribution >= 4 is 11.9 Å². The molecule has 1 N–H and O–H groups in total. The van der Waals surface area contributed by atoms with Gasteiger partial charge in [-0.25, -0.2) is 4.79 Å². The van der Waals surface area contributed by atoms with Gasteiger partial charge in [0.05, 0.1) is 17.9 Å². The van der Waals surface area contributed by atoms with E-state index in [4.69, 9.17) is 9.15 Å². The second kappa shape index (κ2) is 9.01. The summed E-state index contributed by atoms with van der Waals surface area (Å²) in [6, 6.07) is 18.8. The van der Waals surface area contributed by atoms with Gasteiger partial charge in [-0.3, -0.25) is 9.69 Å². The zero-order chi connectivity index (χ0) is 21.9. The van der Waals surface area contributed by atoms with Gasteiger partial charge < -0.3 is 14.5 Å². The number of ether oxygens (including phenoxy) is 1. The minimum absolute atomic E-state index is 0.0199. The predicted molar refractivity (Wildman–Crippen MR) is 119 cm³/mol.